The predicted molar refractivity (Wildman–Crippen MR) is 84.3 cm³/mol. The average molecular weight is 305 g/mol. The molecule has 0 radical (unpaired) electrons. The van der Waals surface area contributed by atoms with Gasteiger partial charge in [-0.3, -0.25) is 0 Å². The Hall–Kier alpha value is -1.70. The summed E-state index contributed by atoms with van der Waals surface area (Å²) in [5.41, 5.74) is 4.40. The number of nitrogen functional groups attached to an aromatic ring is 1. The summed E-state index contributed by atoms with van der Waals surface area (Å²) in [5, 5.41) is 17.2. The first kappa shape index (κ1) is 14.2. The van der Waals surface area contributed by atoms with Crippen LogP contribution >= 0.6 is 11.3 Å². The van der Waals surface area contributed by atoms with Crippen LogP contribution in [0.3, 0.4) is 0 Å². The van der Waals surface area contributed by atoms with Crippen molar-refractivity contribution in [2.45, 2.75) is 31.8 Å². The lowest BCUT2D eigenvalue weighted by Gasteiger charge is -2.15. The summed E-state index contributed by atoms with van der Waals surface area (Å²) in [4.78, 5) is 9.01. The Balaban J connectivity index is 1.76. The second kappa shape index (κ2) is 5.97. The summed E-state index contributed by atoms with van der Waals surface area (Å²) in [6.45, 7) is 2.31. The van der Waals surface area contributed by atoms with E-state index in [1.807, 2.05) is 23.8 Å². The molecule has 2 aromatic heterocycles. The van der Waals surface area contributed by atoms with Crippen LogP contribution < -0.4 is 16.6 Å². The van der Waals surface area contributed by atoms with Gasteiger partial charge in [0, 0.05) is 18.0 Å². The molecule has 2 aromatic rings. The van der Waals surface area contributed by atoms with Crippen LogP contribution in [-0.2, 0) is 0 Å². The number of hydrogen-bond donors (Lipinski definition) is 4. The van der Waals surface area contributed by atoms with E-state index in [-0.39, 0.29) is 0 Å². The van der Waals surface area contributed by atoms with Gasteiger partial charge in [0.1, 0.15) is 17.5 Å². The van der Waals surface area contributed by atoms with Gasteiger partial charge in [0.2, 0.25) is 0 Å². The number of rotatable bonds is 6. The van der Waals surface area contributed by atoms with Gasteiger partial charge in [0.15, 0.2) is 0 Å². The maximum Gasteiger partial charge on any atom is 0.148 e. The second-order valence-corrected chi connectivity index (χ2v) is 6.06. The Labute approximate surface area is 127 Å². The molecule has 5 N–H and O–H groups in total. The summed E-state index contributed by atoms with van der Waals surface area (Å²) in [7, 11) is 0. The van der Waals surface area contributed by atoms with E-state index < -0.39 is 6.10 Å². The summed E-state index contributed by atoms with van der Waals surface area (Å²) in [6, 6.07) is 1.92. The molecule has 3 rings (SSSR count). The molecule has 0 aromatic carbocycles. The molecular weight excluding hydrogens is 286 g/mol. The molecule has 1 saturated carbocycles. The molecule has 1 atom stereocenters. The van der Waals surface area contributed by atoms with Crippen LogP contribution in [0.25, 0.3) is 0 Å². The van der Waals surface area contributed by atoms with Gasteiger partial charge in [-0.15, -0.1) is 0 Å². The van der Waals surface area contributed by atoms with E-state index in [9.17, 15) is 5.11 Å². The zero-order valence-electron chi connectivity index (χ0n) is 11.8. The van der Waals surface area contributed by atoms with Gasteiger partial charge in [0.25, 0.3) is 0 Å². The number of hydrogen-bond acceptors (Lipinski definition) is 7. The monoisotopic (exact) mass is 305 g/mol. The molecule has 7 heteroatoms. The fourth-order valence-electron chi connectivity index (χ4n) is 2.15. The van der Waals surface area contributed by atoms with Crippen molar-refractivity contribution in [1.29, 1.82) is 0 Å². The summed E-state index contributed by atoms with van der Waals surface area (Å²) in [5.74, 6) is 8.16. The fraction of sp³-hybridized carbons (Fsp3) is 0.429. The molecule has 112 valence electrons. The highest BCUT2D eigenvalue weighted by Crippen LogP contribution is 2.39. The third kappa shape index (κ3) is 3.15. The lowest BCUT2D eigenvalue weighted by atomic mass is 10.2. The third-order valence-electron chi connectivity index (χ3n) is 3.63. The second-order valence-electron chi connectivity index (χ2n) is 5.28. The molecule has 0 aliphatic heterocycles. The molecule has 1 unspecified atom stereocenters. The predicted octanol–water partition coefficient (Wildman–Crippen LogP) is 2.16. The number of aliphatic hydroxyl groups excluding tert-OH is 1. The smallest absolute Gasteiger partial charge is 0.148 e. The minimum absolute atomic E-state index is 0.405. The molecule has 1 fully saturated rings. The molecule has 0 bridgehead atoms. The number of hydrazine groups is 1. The van der Waals surface area contributed by atoms with Crippen molar-refractivity contribution in [2.24, 2.45) is 5.84 Å². The first-order chi connectivity index (χ1) is 10.2. The average Bonchev–Trinajstić information content (AvgIpc) is 3.20. The number of nitrogens with one attached hydrogen (secondary N) is 2. The molecule has 0 spiro atoms. The molecular formula is C14H19N5OS. The summed E-state index contributed by atoms with van der Waals surface area (Å²) < 4.78 is 0. The largest absolute Gasteiger partial charge is 0.387 e. The molecule has 1 aliphatic rings. The number of aromatic nitrogens is 2. The Kier molecular flexibility index (Phi) is 4.05. The first-order valence-electron chi connectivity index (χ1n) is 6.98. The van der Waals surface area contributed by atoms with Crippen LogP contribution in [0, 0.1) is 6.92 Å². The van der Waals surface area contributed by atoms with E-state index in [0.717, 1.165) is 35.6 Å². The summed E-state index contributed by atoms with van der Waals surface area (Å²) >= 11 is 1.57. The SMILES string of the molecule is Cc1c(NN)nc(C2CC2)nc1NCC(O)c1ccsc1. The zero-order valence-corrected chi connectivity index (χ0v) is 12.7. The van der Waals surface area contributed by atoms with Crippen molar-refractivity contribution in [3.63, 3.8) is 0 Å². The molecule has 0 amide bonds. The fourth-order valence-corrected chi connectivity index (χ4v) is 2.85. The van der Waals surface area contributed by atoms with Gasteiger partial charge in [-0.2, -0.15) is 11.3 Å². The van der Waals surface area contributed by atoms with Gasteiger partial charge in [-0.05, 0) is 42.2 Å². The van der Waals surface area contributed by atoms with Crippen LogP contribution in [0.15, 0.2) is 16.8 Å². The Morgan fingerprint density at radius 2 is 2.19 bits per heavy atom. The van der Waals surface area contributed by atoms with Crippen LogP contribution in [0.4, 0.5) is 11.6 Å². The van der Waals surface area contributed by atoms with Gasteiger partial charge in [-0.1, -0.05) is 0 Å². The van der Waals surface area contributed by atoms with Crippen molar-refractivity contribution < 1.29 is 5.11 Å². The van der Waals surface area contributed by atoms with E-state index in [0.29, 0.717) is 18.3 Å². The van der Waals surface area contributed by atoms with Crippen molar-refractivity contribution in [1.82, 2.24) is 9.97 Å². The van der Waals surface area contributed by atoms with Gasteiger partial charge in [-0.25, -0.2) is 15.8 Å². The Morgan fingerprint density at radius 3 is 2.81 bits per heavy atom. The minimum atomic E-state index is -0.552. The molecule has 21 heavy (non-hydrogen) atoms. The van der Waals surface area contributed by atoms with E-state index in [1.54, 1.807) is 11.3 Å². The molecule has 1 aliphatic carbocycles. The number of aliphatic hydroxyl groups is 1. The standard InChI is InChI=1S/C14H19N5OS/c1-8-12(16-6-11(20)10-4-5-21-7-10)17-14(9-2-3-9)18-13(8)19-15/h4-5,7,9,11,20H,2-3,6,15H2,1H3,(H2,16,17,18,19). The highest BCUT2D eigenvalue weighted by molar-refractivity contribution is 7.07. The lowest BCUT2D eigenvalue weighted by molar-refractivity contribution is 0.192. The van der Waals surface area contributed by atoms with E-state index in [4.69, 9.17) is 5.84 Å². The topological polar surface area (TPSA) is 96.1 Å². The zero-order chi connectivity index (χ0) is 14.8. The van der Waals surface area contributed by atoms with Gasteiger partial charge in [0.05, 0.1) is 6.10 Å². The third-order valence-corrected chi connectivity index (χ3v) is 4.33. The number of nitrogens with zero attached hydrogens (tertiary/aromatic N) is 2. The Morgan fingerprint density at radius 1 is 1.43 bits per heavy atom. The van der Waals surface area contributed by atoms with Gasteiger partial charge >= 0.3 is 0 Å². The van der Waals surface area contributed by atoms with Crippen molar-refractivity contribution in [2.75, 3.05) is 17.3 Å². The minimum Gasteiger partial charge on any atom is -0.387 e. The Bertz CT molecular complexity index is 612. The number of nitrogens with two attached hydrogens (primary N) is 1. The quantitative estimate of drug-likeness (QED) is 0.482. The van der Waals surface area contributed by atoms with Crippen molar-refractivity contribution in [3.8, 4) is 0 Å². The highest BCUT2D eigenvalue weighted by Gasteiger charge is 2.28. The highest BCUT2D eigenvalue weighted by atomic mass is 32.1. The maximum absolute atomic E-state index is 10.1. The first-order valence-corrected chi connectivity index (χ1v) is 7.92. The van der Waals surface area contributed by atoms with Crippen LogP contribution in [0.2, 0.25) is 0 Å². The van der Waals surface area contributed by atoms with Crippen LogP contribution in [0.5, 0.6) is 0 Å². The van der Waals surface area contributed by atoms with E-state index in [2.05, 4.69) is 20.7 Å². The van der Waals surface area contributed by atoms with Crippen LogP contribution in [-0.4, -0.2) is 21.6 Å². The van der Waals surface area contributed by atoms with E-state index in [1.165, 1.54) is 0 Å². The number of anilines is 2. The number of thiophene rings is 1. The molecule has 0 saturated heterocycles. The van der Waals surface area contributed by atoms with E-state index >= 15 is 0 Å². The van der Waals surface area contributed by atoms with Crippen molar-refractivity contribution >= 4 is 23.0 Å². The normalized spacial score (nSPS) is 15.8. The molecule has 6 nitrogen and oxygen atoms in total. The summed E-state index contributed by atoms with van der Waals surface area (Å²) in [6.07, 6.45) is 1.71. The maximum atomic E-state index is 10.1. The van der Waals surface area contributed by atoms with Crippen LogP contribution in [0.1, 0.15) is 41.8 Å². The molecule has 2 heterocycles. The van der Waals surface area contributed by atoms with Gasteiger partial charge < -0.3 is 15.8 Å². The lowest BCUT2D eigenvalue weighted by Crippen LogP contribution is -2.17. The van der Waals surface area contributed by atoms with Crippen molar-refractivity contribution in [3.05, 3.63) is 33.8 Å².